The maximum atomic E-state index is 12.0. The average molecular weight is 316 g/mol. The zero-order valence-corrected chi connectivity index (χ0v) is 12.4. The molecule has 0 aliphatic rings. The van der Waals surface area contributed by atoms with E-state index < -0.39 is 11.8 Å². The minimum Gasteiger partial charge on any atom is -0.472 e. The quantitative estimate of drug-likeness (QED) is 0.644. The second kappa shape index (κ2) is 5.86. The monoisotopic (exact) mass is 316 g/mol. The summed E-state index contributed by atoms with van der Waals surface area (Å²) >= 11 is 1.54. The molecule has 3 heterocycles. The van der Waals surface area contributed by atoms with Crippen LogP contribution in [0.2, 0.25) is 0 Å². The molecule has 22 heavy (non-hydrogen) atoms. The SMILES string of the molecule is Cc1nc(-c2c[nH]c(C(=O)NNC(=O)c3ccoc3)c2)cs1. The van der Waals surface area contributed by atoms with Gasteiger partial charge >= 0.3 is 0 Å². The topological polar surface area (TPSA) is 100 Å². The van der Waals surface area contributed by atoms with Crippen molar-refractivity contribution in [2.75, 3.05) is 0 Å². The van der Waals surface area contributed by atoms with Gasteiger partial charge in [-0.3, -0.25) is 20.4 Å². The van der Waals surface area contributed by atoms with Crippen molar-refractivity contribution in [3.8, 4) is 11.3 Å². The fourth-order valence-corrected chi connectivity index (χ4v) is 2.44. The van der Waals surface area contributed by atoms with Gasteiger partial charge in [-0.1, -0.05) is 0 Å². The number of thiazole rings is 1. The molecule has 8 heteroatoms. The molecule has 0 aromatic carbocycles. The summed E-state index contributed by atoms with van der Waals surface area (Å²) in [6.45, 7) is 1.92. The number of aryl methyl sites for hydroxylation is 1. The standard InChI is InChI=1S/C14H12N4O3S/c1-8-16-12(7-22-8)10-4-11(15-5-10)14(20)18-17-13(19)9-2-3-21-6-9/h2-7,15H,1H3,(H,17,19)(H,18,20). The molecule has 0 fully saturated rings. The highest BCUT2D eigenvalue weighted by Crippen LogP contribution is 2.22. The molecule has 3 aromatic rings. The van der Waals surface area contributed by atoms with Crippen LogP contribution in [0.1, 0.15) is 25.9 Å². The Hall–Kier alpha value is -2.87. The van der Waals surface area contributed by atoms with E-state index in [0.717, 1.165) is 16.3 Å². The van der Waals surface area contributed by atoms with Crippen LogP contribution in [0.4, 0.5) is 0 Å². The highest BCUT2D eigenvalue weighted by molar-refractivity contribution is 7.09. The van der Waals surface area contributed by atoms with Crippen LogP contribution in [-0.2, 0) is 0 Å². The third-order valence-corrected chi connectivity index (χ3v) is 3.69. The number of carbonyl (C=O) groups excluding carboxylic acids is 2. The van der Waals surface area contributed by atoms with Crippen molar-refractivity contribution in [2.24, 2.45) is 0 Å². The molecule has 2 amide bonds. The van der Waals surface area contributed by atoms with Crippen molar-refractivity contribution in [3.05, 3.63) is 52.5 Å². The van der Waals surface area contributed by atoms with Crippen molar-refractivity contribution in [1.29, 1.82) is 0 Å². The molecule has 0 aliphatic heterocycles. The van der Waals surface area contributed by atoms with Gasteiger partial charge in [0.15, 0.2) is 0 Å². The summed E-state index contributed by atoms with van der Waals surface area (Å²) in [5.74, 6) is -0.904. The third-order valence-electron chi connectivity index (χ3n) is 2.92. The fraction of sp³-hybridized carbons (Fsp3) is 0.0714. The van der Waals surface area contributed by atoms with E-state index in [2.05, 4.69) is 20.8 Å². The van der Waals surface area contributed by atoms with Crippen molar-refractivity contribution in [1.82, 2.24) is 20.8 Å². The number of nitrogens with zero attached hydrogens (tertiary/aromatic N) is 1. The van der Waals surface area contributed by atoms with Crippen LogP contribution in [0.5, 0.6) is 0 Å². The van der Waals surface area contributed by atoms with Gasteiger partial charge in [0.2, 0.25) is 0 Å². The molecule has 0 aliphatic carbocycles. The van der Waals surface area contributed by atoms with E-state index in [9.17, 15) is 9.59 Å². The maximum Gasteiger partial charge on any atom is 0.286 e. The van der Waals surface area contributed by atoms with Gasteiger partial charge in [-0.2, -0.15) is 0 Å². The lowest BCUT2D eigenvalue weighted by Crippen LogP contribution is -2.41. The number of rotatable bonds is 3. The van der Waals surface area contributed by atoms with Crippen molar-refractivity contribution in [3.63, 3.8) is 0 Å². The number of amides is 2. The van der Waals surface area contributed by atoms with Crippen LogP contribution < -0.4 is 10.9 Å². The Balaban J connectivity index is 1.63. The molecule has 0 spiro atoms. The fourth-order valence-electron chi connectivity index (χ4n) is 1.82. The molecule has 3 aromatic heterocycles. The normalized spacial score (nSPS) is 10.4. The molecular weight excluding hydrogens is 304 g/mol. The molecule has 0 atom stereocenters. The van der Waals surface area contributed by atoms with Crippen LogP contribution in [0.25, 0.3) is 11.3 Å². The van der Waals surface area contributed by atoms with E-state index in [1.807, 2.05) is 12.3 Å². The first-order valence-electron chi connectivity index (χ1n) is 6.37. The predicted octanol–water partition coefficient (Wildman–Crippen LogP) is 2.11. The van der Waals surface area contributed by atoms with Gasteiger partial charge in [0.1, 0.15) is 12.0 Å². The molecule has 0 saturated heterocycles. The summed E-state index contributed by atoms with van der Waals surface area (Å²) < 4.78 is 4.80. The van der Waals surface area contributed by atoms with Gasteiger partial charge in [-0.15, -0.1) is 11.3 Å². The van der Waals surface area contributed by atoms with Gasteiger partial charge in [0.05, 0.1) is 22.5 Å². The molecule has 0 saturated carbocycles. The van der Waals surface area contributed by atoms with Gasteiger partial charge in [0, 0.05) is 17.1 Å². The molecule has 7 nitrogen and oxygen atoms in total. The van der Waals surface area contributed by atoms with Crippen molar-refractivity contribution < 1.29 is 14.0 Å². The molecule has 0 unspecified atom stereocenters. The summed E-state index contributed by atoms with van der Waals surface area (Å²) in [5.41, 5.74) is 6.90. The van der Waals surface area contributed by atoms with E-state index in [1.165, 1.54) is 29.9 Å². The van der Waals surface area contributed by atoms with Gasteiger partial charge < -0.3 is 9.40 Å². The summed E-state index contributed by atoms with van der Waals surface area (Å²) in [7, 11) is 0. The van der Waals surface area contributed by atoms with E-state index in [4.69, 9.17) is 4.42 Å². The Morgan fingerprint density at radius 2 is 2.14 bits per heavy atom. The number of hydrazine groups is 1. The predicted molar refractivity (Wildman–Crippen MR) is 80.3 cm³/mol. The van der Waals surface area contributed by atoms with Gasteiger partial charge in [-0.25, -0.2) is 4.98 Å². The Bertz CT molecular complexity index is 804. The number of aromatic nitrogens is 2. The first kappa shape index (κ1) is 14.1. The summed E-state index contributed by atoms with van der Waals surface area (Å²) in [5, 5.41) is 2.87. The average Bonchev–Trinajstić information content (AvgIpc) is 3.23. The van der Waals surface area contributed by atoms with Crippen molar-refractivity contribution in [2.45, 2.75) is 6.92 Å². The zero-order valence-electron chi connectivity index (χ0n) is 11.5. The van der Waals surface area contributed by atoms with E-state index >= 15 is 0 Å². The van der Waals surface area contributed by atoms with E-state index in [0.29, 0.717) is 11.3 Å². The second-order valence-corrected chi connectivity index (χ2v) is 5.54. The molecule has 112 valence electrons. The van der Waals surface area contributed by atoms with E-state index in [-0.39, 0.29) is 0 Å². The number of H-pyrrole nitrogens is 1. The lowest BCUT2D eigenvalue weighted by molar-refractivity contribution is 0.0844. The first-order valence-corrected chi connectivity index (χ1v) is 7.25. The maximum absolute atomic E-state index is 12.0. The Morgan fingerprint density at radius 1 is 1.32 bits per heavy atom. The van der Waals surface area contributed by atoms with Crippen LogP contribution in [0.15, 0.2) is 40.7 Å². The first-order chi connectivity index (χ1) is 10.6. The number of hydrogen-bond acceptors (Lipinski definition) is 5. The number of carbonyl (C=O) groups is 2. The minimum absolute atomic E-state index is 0.324. The number of furan rings is 1. The summed E-state index contributed by atoms with van der Waals surface area (Å²) in [6.07, 6.45) is 4.37. The van der Waals surface area contributed by atoms with Gasteiger partial charge in [0.25, 0.3) is 11.8 Å². The number of hydrogen-bond donors (Lipinski definition) is 3. The summed E-state index contributed by atoms with van der Waals surface area (Å²) in [6, 6.07) is 3.17. The molecular formula is C14H12N4O3S. The van der Waals surface area contributed by atoms with Gasteiger partial charge in [-0.05, 0) is 19.1 Å². The van der Waals surface area contributed by atoms with Crippen LogP contribution >= 0.6 is 11.3 Å². The lowest BCUT2D eigenvalue weighted by Gasteiger charge is -2.04. The van der Waals surface area contributed by atoms with Crippen LogP contribution in [0, 0.1) is 6.92 Å². The number of nitrogens with one attached hydrogen (secondary N) is 3. The number of aromatic amines is 1. The smallest absolute Gasteiger partial charge is 0.286 e. The Kier molecular flexibility index (Phi) is 3.75. The zero-order chi connectivity index (χ0) is 15.5. The summed E-state index contributed by atoms with van der Waals surface area (Å²) in [4.78, 5) is 30.8. The van der Waals surface area contributed by atoms with E-state index in [1.54, 1.807) is 12.3 Å². The largest absolute Gasteiger partial charge is 0.472 e. The molecule has 3 N–H and O–H groups in total. The highest BCUT2D eigenvalue weighted by atomic mass is 32.1. The van der Waals surface area contributed by atoms with Crippen LogP contribution in [0.3, 0.4) is 0 Å². The van der Waals surface area contributed by atoms with Crippen molar-refractivity contribution >= 4 is 23.2 Å². The highest BCUT2D eigenvalue weighted by Gasteiger charge is 2.13. The Morgan fingerprint density at radius 3 is 2.82 bits per heavy atom. The molecule has 0 bridgehead atoms. The molecule has 0 radical (unpaired) electrons. The molecule has 3 rings (SSSR count). The lowest BCUT2D eigenvalue weighted by atomic mass is 10.2. The third kappa shape index (κ3) is 2.91. The second-order valence-electron chi connectivity index (χ2n) is 4.47. The Labute approximate surface area is 129 Å². The minimum atomic E-state index is -0.455. The van der Waals surface area contributed by atoms with Crippen LogP contribution in [-0.4, -0.2) is 21.8 Å².